The minimum atomic E-state index is 0.922. The number of rotatable bonds is 3. The molecule has 5 aromatic carbocycles. The van der Waals surface area contributed by atoms with Crippen molar-refractivity contribution in [2.45, 2.75) is 12.8 Å². The normalized spacial score (nSPS) is 12.9. The molecule has 2 heteroatoms. The zero-order valence-corrected chi connectivity index (χ0v) is 20.8. The van der Waals surface area contributed by atoms with E-state index in [-0.39, 0.29) is 0 Å². The van der Waals surface area contributed by atoms with E-state index in [0.29, 0.717) is 0 Å². The zero-order chi connectivity index (χ0) is 25.1. The maximum absolute atomic E-state index is 6.08. The van der Waals surface area contributed by atoms with E-state index in [4.69, 9.17) is 8.83 Å². The highest BCUT2D eigenvalue weighted by molar-refractivity contribution is 6.06. The van der Waals surface area contributed by atoms with Gasteiger partial charge in [-0.15, -0.1) is 0 Å². The Morgan fingerprint density at radius 3 is 1.74 bits per heavy atom. The second-order valence-electron chi connectivity index (χ2n) is 10.1. The number of allylic oxidation sites excluding steroid dienone is 1. The van der Waals surface area contributed by atoms with E-state index in [1.807, 2.05) is 12.1 Å². The summed E-state index contributed by atoms with van der Waals surface area (Å²) in [5.41, 5.74) is 11.4. The highest BCUT2D eigenvalue weighted by atomic mass is 16.3. The van der Waals surface area contributed by atoms with Crippen LogP contribution in [-0.2, 0) is 6.42 Å². The van der Waals surface area contributed by atoms with E-state index in [1.165, 1.54) is 44.3 Å². The topological polar surface area (TPSA) is 26.3 Å². The van der Waals surface area contributed by atoms with Crippen molar-refractivity contribution in [1.82, 2.24) is 0 Å². The van der Waals surface area contributed by atoms with Crippen molar-refractivity contribution >= 4 is 39.0 Å². The van der Waals surface area contributed by atoms with E-state index in [2.05, 4.69) is 109 Å². The summed E-state index contributed by atoms with van der Waals surface area (Å²) in [5, 5.41) is 3.54. The van der Waals surface area contributed by atoms with Crippen LogP contribution >= 0.6 is 0 Å². The monoisotopic (exact) mass is 488 g/mol. The number of para-hydroxylation sites is 1. The molecule has 0 radical (unpaired) electrons. The predicted molar refractivity (Wildman–Crippen MR) is 157 cm³/mol. The van der Waals surface area contributed by atoms with Crippen LogP contribution in [0.15, 0.2) is 124 Å². The lowest BCUT2D eigenvalue weighted by Crippen LogP contribution is -1.89. The first-order valence-corrected chi connectivity index (χ1v) is 13.1. The van der Waals surface area contributed by atoms with Gasteiger partial charge in [-0.3, -0.25) is 0 Å². The van der Waals surface area contributed by atoms with Gasteiger partial charge in [-0.1, -0.05) is 72.8 Å². The largest absolute Gasteiger partial charge is 0.456 e. The van der Waals surface area contributed by atoms with Crippen LogP contribution in [0.25, 0.3) is 72.4 Å². The van der Waals surface area contributed by atoms with E-state index in [1.54, 1.807) is 0 Å². The van der Waals surface area contributed by atoms with Gasteiger partial charge in [0, 0.05) is 21.7 Å². The molecule has 0 aliphatic heterocycles. The van der Waals surface area contributed by atoms with E-state index in [0.717, 1.165) is 46.1 Å². The zero-order valence-electron chi connectivity index (χ0n) is 20.8. The van der Waals surface area contributed by atoms with E-state index >= 15 is 0 Å². The van der Waals surface area contributed by atoms with Crippen molar-refractivity contribution in [3.63, 3.8) is 0 Å². The van der Waals surface area contributed by atoms with Crippen LogP contribution in [0.4, 0.5) is 0 Å². The molecule has 8 rings (SSSR count). The molecule has 0 fully saturated rings. The van der Waals surface area contributed by atoms with Gasteiger partial charge in [0.05, 0.1) is 0 Å². The summed E-state index contributed by atoms with van der Waals surface area (Å²) < 4.78 is 12.1. The summed E-state index contributed by atoms with van der Waals surface area (Å²) in [6.45, 7) is 0. The Morgan fingerprint density at radius 2 is 1.03 bits per heavy atom. The molecule has 38 heavy (non-hydrogen) atoms. The third-order valence-electron chi connectivity index (χ3n) is 7.75. The SMILES string of the molecule is C1=Cc2oc3ccc(-c4cccc(-c5cccc(-c6ccc7oc8ccccc8c7c6)c5)c4)cc3c2CC1. The molecule has 0 N–H and O–H groups in total. The highest BCUT2D eigenvalue weighted by Gasteiger charge is 2.15. The molecule has 1 aliphatic carbocycles. The Bertz CT molecular complexity index is 2030. The number of benzene rings is 5. The van der Waals surface area contributed by atoms with Crippen LogP contribution in [-0.4, -0.2) is 0 Å². The number of furan rings is 2. The summed E-state index contributed by atoms with van der Waals surface area (Å²) in [6.07, 6.45) is 6.41. The van der Waals surface area contributed by atoms with E-state index in [9.17, 15) is 0 Å². The summed E-state index contributed by atoms with van der Waals surface area (Å²) in [6, 6.07) is 38.9. The molecular weight excluding hydrogens is 464 g/mol. The third kappa shape index (κ3) is 3.42. The van der Waals surface area contributed by atoms with Crippen molar-refractivity contribution < 1.29 is 8.83 Å². The fourth-order valence-electron chi connectivity index (χ4n) is 5.82. The van der Waals surface area contributed by atoms with Crippen LogP contribution in [0.2, 0.25) is 0 Å². The van der Waals surface area contributed by atoms with Gasteiger partial charge in [-0.2, -0.15) is 0 Å². The van der Waals surface area contributed by atoms with Gasteiger partial charge < -0.3 is 8.83 Å². The Hall–Kier alpha value is -4.82. The van der Waals surface area contributed by atoms with Crippen molar-refractivity contribution in [2.24, 2.45) is 0 Å². The second kappa shape index (κ2) is 8.36. The molecular formula is C36H24O2. The van der Waals surface area contributed by atoms with Gasteiger partial charge in [0.2, 0.25) is 0 Å². The number of hydrogen-bond acceptors (Lipinski definition) is 2. The van der Waals surface area contributed by atoms with Crippen LogP contribution in [0.3, 0.4) is 0 Å². The van der Waals surface area contributed by atoms with Crippen molar-refractivity contribution in [1.29, 1.82) is 0 Å². The molecule has 1 aliphatic rings. The summed E-state index contributed by atoms with van der Waals surface area (Å²) in [5.74, 6) is 1.01. The van der Waals surface area contributed by atoms with Gasteiger partial charge in [0.1, 0.15) is 22.5 Å². The first-order valence-electron chi connectivity index (χ1n) is 13.1. The maximum Gasteiger partial charge on any atom is 0.135 e. The van der Waals surface area contributed by atoms with Gasteiger partial charge in [0.15, 0.2) is 0 Å². The Kier molecular flexibility index (Phi) is 4.68. The molecule has 7 aromatic rings. The standard InChI is InChI=1S/C36H24O2/c1-3-13-33-29(11-1)31-21-27(15-17-35(31)37-33)25-9-5-7-23(19-25)24-8-6-10-26(20-24)28-16-18-36-32(22-28)30-12-2-4-14-34(30)38-36/h1,3-11,13-22H,2,12H2. The first kappa shape index (κ1) is 21.3. The fourth-order valence-corrected chi connectivity index (χ4v) is 5.82. The average Bonchev–Trinajstić information content (AvgIpc) is 3.55. The molecule has 2 heterocycles. The molecule has 0 saturated heterocycles. The van der Waals surface area contributed by atoms with Gasteiger partial charge >= 0.3 is 0 Å². The summed E-state index contributed by atoms with van der Waals surface area (Å²) in [4.78, 5) is 0. The third-order valence-corrected chi connectivity index (χ3v) is 7.75. The lowest BCUT2D eigenvalue weighted by molar-refractivity contribution is 0.595. The lowest BCUT2D eigenvalue weighted by Gasteiger charge is -2.09. The van der Waals surface area contributed by atoms with Crippen LogP contribution < -0.4 is 0 Å². The Labute approximate surface area is 220 Å². The predicted octanol–water partition coefficient (Wildman–Crippen LogP) is 10.3. The first-order chi connectivity index (χ1) is 18.8. The maximum atomic E-state index is 6.08. The number of aryl methyl sites for hydroxylation is 1. The molecule has 0 saturated carbocycles. The highest BCUT2D eigenvalue weighted by Crippen LogP contribution is 2.36. The van der Waals surface area contributed by atoms with Crippen molar-refractivity contribution in [3.8, 4) is 33.4 Å². The second-order valence-corrected chi connectivity index (χ2v) is 10.1. The van der Waals surface area contributed by atoms with Gasteiger partial charge in [-0.25, -0.2) is 0 Å². The van der Waals surface area contributed by atoms with Crippen LogP contribution in [0, 0.1) is 0 Å². The lowest BCUT2D eigenvalue weighted by atomic mass is 9.94. The number of fused-ring (bicyclic) bond motifs is 6. The summed E-state index contributed by atoms with van der Waals surface area (Å²) >= 11 is 0. The molecule has 2 aromatic heterocycles. The molecule has 0 spiro atoms. The quantitative estimate of drug-likeness (QED) is 0.247. The fraction of sp³-hybridized carbons (Fsp3) is 0.0556. The van der Waals surface area contributed by atoms with E-state index < -0.39 is 0 Å². The Morgan fingerprint density at radius 1 is 0.447 bits per heavy atom. The number of hydrogen-bond donors (Lipinski definition) is 0. The molecule has 0 amide bonds. The minimum absolute atomic E-state index is 0.922. The van der Waals surface area contributed by atoms with Crippen LogP contribution in [0.5, 0.6) is 0 Å². The minimum Gasteiger partial charge on any atom is -0.456 e. The summed E-state index contributed by atoms with van der Waals surface area (Å²) in [7, 11) is 0. The van der Waals surface area contributed by atoms with Gasteiger partial charge in [0.25, 0.3) is 0 Å². The van der Waals surface area contributed by atoms with Crippen molar-refractivity contribution in [2.75, 3.05) is 0 Å². The molecule has 180 valence electrons. The Balaban J connectivity index is 1.18. The van der Waals surface area contributed by atoms with Gasteiger partial charge in [-0.05, 0) is 94.8 Å². The molecule has 0 unspecified atom stereocenters. The molecule has 0 bridgehead atoms. The van der Waals surface area contributed by atoms with Crippen molar-refractivity contribution in [3.05, 3.63) is 127 Å². The molecule has 0 atom stereocenters. The molecule has 2 nitrogen and oxygen atoms in total. The van der Waals surface area contributed by atoms with Crippen LogP contribution in [0.1, 0.15) is 17.7 Å². The smallest absolute Gasteiger partial charge is 0.135 e. The average molecular weight is 489 g/mol.